The Morgan fingerprint density at radius 1 is 1.77 bits per heavy atom. The van der Waals surface area contributed by atoms with Crippen molar-refractivity contribution in [2.75, 3.05) is 5.75 Å². The zero-order valence-electron chi connectivity index (χ0n) is 7.54. The van der Waals surface area contributed by atoms with Gasteiger partial charge in [-0.05, 0) is 18.1 Å². The van der Waals surface area contributed by atoms with E-state index in [-0.39, 0.29) is 11.2 Å². The molecule has 2 heterocycles. The highest BCUT2D eigenvalue weighted by atomic mass is 32.2. The molecule has 2 aliphatic heterocycles. The van der Waals surface area contributed by atoms with Crippen LogP contribution in [0.25, 0.3) is 0 Å². The van der Waals surface area contributed by atoms with E-state index in [0.29, 0.717) is 24.2 Å². The number of ether oxygens (including phenoxy) is 1. The molecule has 0 bridgehead atoms. The minimum absolute atomic E-state index is 0.0456. The molecule has 0 aromatic carbocycles. The summed E-state index contributed by atoms with van der Waals surface area (Å²) < 4.78 is 16.7. The van der Waals surface area contributed by atoms with E-state index in [1.807, 2.05) is 6.92 Å². The largest absolute Gasteiger partial charge is 0.616 e. The molecular weight excluding hydrogens is 188 g/mol. The van der Waals surface area contributed by atoms with E-state index in [2.05, 4.69) is 6.58 Å². The summed E-state index contributed by atoms with van der Waals surface area (Å²) in [5.41, 5.74) is 0.0321. The molecular formula is C9H12O3S. The minimum atomic E-state index is -0.845. The van der Waals surface area contributed by atoms with Gasteiger partial charge in [0.05, 0.1) is 0 Å². The van der Waals surface area contributed by atoms with Crippen LogP contribution in [0.3, 0.4) is 0 Å². The fourth-order valence-corrected chi connectivity index (χ4v) is 3.61. The Morgan fingerprint density at radius 3 is 2.85 bits per heavy atom. The van der Waals surface area contributed by atoms with Crippen molar-refractivity contribution < 1.29 is 14.1 Å². The van der Waals surface area contributed by atoms with Crippen molar-refractivity contribution in [3.63, 3.8) is 0 Å². The number of carbonyl (C=O) groups is 1. The SMILES string of the molecule is C=C1CC2(CC[S+]([O-])C2C)OC1=O. The van der Waals surface area contributed by atoms with E-state index in [0.717, 1.165) is 0 Å². The van der Waals surface area contributed by atoms with E-state index < -0.39 is 16.8 Å². The topological polar surface area (TPSA) is 49.4 Å². The highest BCUT2D eigenvalue weighted by Gasteiger charge is 2.56. The molecule has 3 nitrogen and oxygen atoms in total. The average molecular weight is 200 g/mol. The highest BCUT2D eigenvalue weighted by Crippen LogP contribution is 2.43. The Labute approximate surface area is 80.3 Å². The van der Waals surface area contributed by atoms with Gasteiger partial charge in [-0.3, -0.25) is 0 Å². The second kappa shape index (κ2) is 2.75. The second-order valence-corrected chi connectivity index (χ2v) is 5.59. The molecule has 2 rings (SSSR count). The summed E-state index contributed by atoms with van der Waals surface area (Å²) in [6.45, 7) is 5.52. The van der Waals surface area contributed by atoms with Crippen LogP contribution < -0.4 is 0 Å². The minimum Gasteiger partial charge on any atom is -0.616 e. The summed E-state index contributed by atoms with van der Waals surface area (Å²) in [5, 5.41) is -0.0456. The molecule has 0 radical (unpaired) electrons. The van der Waals surface area contributed by atoms with Crippen LogP contribution in [-0.4, -0.2) is 27.1 Å². The van der Waals surface area contributed by atoms with Crippen LogP contribution in [0, 0.1) is 0 Å². The van der Waals surface area contributed by atoms with Crippen molar-refractivity contribution in [1.82, 2.24) is 0 Å². The first kappa shape index (κ1) is 9.09. The van der Waals surface area contributed by atoms with Gasteiger partial charge in [0.15, 0.2) is 10.9 Å². The molecule has 0 aromatic heterocycles. The number of hydrogen-bond acceptors (Lipinski definition) is 3. The smallest absolute Gasteiger partial charge is 0.334 e. The molecule has 4 heteroatoms. The molecule has 13 heavy (non-hydrogen) atoms. The molecule has 3 atom stereocenters. The van der Waals surface area contributed by atoms with Gasteiger partial charge >= 0.3 is 5.97 Å². The quantitative estimate of drug-likeness (QED) is 0.329. The zero-order valence-corrected chi connectivity index (χ0v) is 8.36. The lowest BCUT2D eigenvalue weighted by atomic mass is 9.92. The van der Waals surface area contributed by atoms with Crippen molar-refractivity contribution in [1.29, 1.82) is 0 Å². The highest BCUT2D eigenvalue weighted by molar-refractivity contribution is 7.92. The van der Waals surface area contributed by atoms with Crippen LogP contribution >= 0.6 is 0 Å². The maximum Gasteiger partial charge on any atom is 0.334 e. The van der Waals surface area contributed by atoms with Crippen molar-refractivity contribution in [2.24, 2.45) is 0 Å². The van der Waals surface area contributed by atoms with Gasteiger partial charge in [-0.2, -0.15) is 0 Å². The molecule has 72 valence electrons. The predicted molar refractivity (Wildman–Crippen MR) is 49.7 cm³/mol. The summed E-state index contributed by atoms with van der Waals surface area (Å²) in [4.78, 5) is 11.2. The summed E-state index contributed by atoms with van der Waals surface area (Å²) in [7, 11) is 0. The molecule has 2 aliphatic rings. The first-order valence-corrected chi connectivity index (χ1v) is 5.72. The molecule has 1 spiro atoms. The molecule has 0 aromatic rings. The van der Waals surface area contributed by atoms with Crippen LogP contribution in [0.1, 0.15) is 19.8 Å². The number of hydrogen-bond donors (Lipinski definition) is 0. The number of rotatable bonds is 0. The first-order chi connectivity index (χ1) is 6.05. The lowest BCUT2D eigenvalue weighted by molar-refractivity contribution is -0.145. The Kier molecular flexibility index (Phi) is 1.92. The second-order valence-electron chi connectivity index (χ2n) is 3.71. The Hall–Kier alpha value is -0.480. The number of carbonyl (C=O) groups excluding carboxylic acids is 1. The molecule has 0 amide bonds. The molecule has 0 saturated carbocycles. The molecule has 0 N–H and O–H groups in total. The summed E-state index contributed by atoms with van der Waals surface area (Å²) in [5.74, 6) is 0.326. The van der Waals surface area contributed by atoms with E-state index in [9.17, 15) is 9.35 Å². The van der Waals surface area contributed by atoms with E-state index >= 15 is 0 Å². The summed E-state index contributed by atoms with van der Waals surface area (Å²) >= 11 is -0.845. The number of esters is 1. The van der Waals surface area contributed by atoms with Crippen LogP contribution in [0.5, 0.6) is 0 Å². The van der Waals surface area contributed by atoms with E-state index in [1.54, 1.807) is 0 Å². The van der Waals surface area contributed by atoms with Gasteiger partial charge in [-0.25, -0.2) is 4.79 Å². The third-order valence-corrected chi connectivity index (χ3v) is 4.78. The van der Waals surface area contributed by atoms with E-state index in [4.69, 9.17) is 4.74 Å². The third-order valence-electron chi connectivity index (χ3n) is 2.96. The molecule has 2 fully saturated rings. The normalized spacial score (nSPS) is 44.5. The van der Waals surface area contributed by atoms with Crippen LogP contribution in [0.4, 0.5) is 0 Å². The standard InChI is InChI=1S/C9H12O3S/c1-6-5-9(12-8(6)10)3-4-13(11)7(9)2/h7H,1,3-5H2,2H3. The zero-order chi connectivity index (χ0) is 9.64. The fraction of sp³-hybridized carbons (Fsp3) is 0.667. The van der Waals surface area contributed by atoms with Gasteiger partial charge in [0.1, 0.15) is 5.75 Å². The molecule has 3 unspecified atom stereocenters. The first-order valence-electron chi connectivity index (χ1n) is 4.33. The van der Waals surface area contributed by atoms with Gasteiger partial charge in [0, 0.05) is 18.4 Å². The average Bonchev–Trinajstić information content (AvgIpc) is 2.50. The van der Waals surface area contributed by atoms with Gasteiger partial charge in [-0.1, -0.05) is 6.58 Å². The van der Waals surface area contributed by atoms with Crippen molar-refractivity contribution in [2.45, 2.75) is 30.6 Å². The Bertz CT molecular complexity index is 258. The molecule has 0 aliphatic carbocycles. The van der Waals surface area contributed by atoms with Crippen molar-refractivity contribution >= 4 is 17.1 Å². The Balaban J connectivity index is 2.24. The fourth-order valence-electron chi connectivity index (χ4n) is 1.99. The summed E-state index contributed by atoms with van der Waals surface area (Å²) in [6, 6.07) is 0. The monoisotopic (exact) mass is 200 g/mol. The van der Waals surface area contributed by atoms with Gasteiger partial charge in [0.25, 0.3) is 0 Å². The lowest BCUT2D eigenvalue weighted by Crippen LogP contribution is -2.37. The lowest BCUT2D eigenvalue weighted by Gasteiger charge is -2.24. The summed E-state index contributed by atoms with van der Waals surface area (Å²) in [6.07, 6.45) is 1.27. The molecule has 2 saturated heterocycles. The van der Waals surface area contributed by atoms with Crippen molar-refractivity contribution in [3.8, 4) is 0 Å². The van der Waals surface area contributed by atoms with Crippen LogP contribution in [-0.2, 0) is 20.7 Å². The van der Waals surface area contributed by atoms with Crippen LogP contribution in [0.2, 0.25) is 0 Å². The van der Waals surface area contributed by atoms with E-state index in [1.165, 1.54) is 0 Å². The van der Waals surface area contributed by atoms with Gasteiger partial charge in [-0.15, -0.1) is 0 Å². The van der Waals surface area contributed by atoms with Gasteiger partial charge < -0.3 is 9.29 Å². The van der Waals surface area contributed by atoms with Crippen molar-refractivity contribution in [3.05, 3.63) is 12.2 Å². The van der Waals surface area contributed by atoms with Crippen LogP contribution in [0.15, 0.2) is 12.2 Å². The third kappa shape index (κ3) is 1.20. The maximum atomic E-state index is 11.4. The van der Waals surface area contributed by atoms with Gasteiger partial charge in [0.2, 0.25) is 0 Å². The maximum absolute atomic E-state index is 11.4. The predicted octanol–water partition coefficient (Wildman–Crippen LogP) is 0.769. The Morgan fingerprint density at radius 2 is 2.46 bits per heavy atom.